The van der Waals surface area contributed by atoms with Crippen molar-refractivity contribution in [3.63, 3.8) is 0 Å². The summed E-state index contributed by atoms with van der Waals surface area (Å²) >= 11 is 0. The second-order valence-electron chi connectivity index (χ2n) is 9.56. The molecule has 3 rings (SSSR count). The molecule has 2 aromatic carbocycles. The third-order valence-electron chi connectivity index (χ3n) is 5.82. The largest absolute Gasteiger partial charge is 0.391 e. The number of nitrogens with one attached hydrogen (secondary N) is 2. The normalized spacial score (nSPS) is 16.6. The van der Waals surface area contributed by atoms with Crippen molar-refractivity contribution in [2.45, 2.75) is 51.4 Å². The molecular formula is C26H32N4O4. The van der Waals surface area contributed by atoms with E-state index in [1.54, 1.807) is 31.4 Å². The van der Waals surface area contributed by atoms with Gasteiger partial charge in [-0.05, 0) is 40.7 Å². The number of carbonyl (C=O) groups is 2. The first-order valence-corrected chi connectivity index (χ1v) is 11.3. The van der Waals surface area contributed by atoms with Crippen LogP contribution >= 0.6 is 0 Å². The fraction of sp³-hybridized carbons (Fsp3) is 0.423. The Bertz CT molecular complexity index is 1070. The summed E-state index contributed by atoms with van der Waals surface area (Å²) in [7, 11) is 1.61. The minimum atomic E-state index is -0.963. The molecular weight excluding hydrogens is 432 g/mol. The number of nitrogens with zero attached hydrogens (tertiary/aromatic N) is 2. The van der Waals surface area contributed by atoms with Crippen LogP contribution in [-0.2, 0) is 21.6 Å². The molecule has 1 aliphatic heterocycles. The number of hydrogen-bond donors (Lipinski definition) is 3. The number of aliphatic hydroxyl groups is 1. The van der Waals surface area contributed by atoms with Gasteiger partial charge in [-0.3, -0.25) is 4.79 Å². The maximum Gasteiger partial charge on any atom is 0.318 e. The maximum atomic E-state index is 13.3. The summed E-state index contributed by atoms with van der Waals surface area (Å²) in [5, 5.41) is 25.0. The number of carbonyl (C=O) groups excluding carboxylic acids is 2. The molecule has 1 aliphatic rings. The second-order valence-corrected chi connectivity index (χ2v) is 9.56. The number of rotatable bonds is 6. The summed E-state index contributed by atoms with van der Waals surface area (Å²) in [6.07, 6.45) is -0.0512. The van der Waals surface area contributed by atoms with Crippen LogP contribution in [0.2, 0.25) is 0 Å². The number of β-amino-alcohol motifs (C(OH)–C–C–N with tert-alkyl or cyclic N) is 1. The minimum Gasteiger partial charge on any atom is -0.391 e. The SMILES string of the molecule is COCc1ccc(C(NC(=O)N2CCC(O)C2)C(=O)Nc2ccc(C(C)(C)C)c(C#N)c2)cc1. The van der Waals surface area contributed by atoms with Crippen LogP contribution in [-0.4, -0.2) is 48.2 Å². The van der Waals surface area contributed by atoms with Crippen molar-refractivity contribution < 1.29 is 19.4 Å². The number of hydrogen-bond acceptors (Lipinski definition) is 5. The maximum absolute atomic E-state index is 13.3. The summed E-state index contributed by atoms with van der Waals surface area (Å²) in [5.41, 5.74) is 3.18. The van der Waals surface area contributed by atoms with Crippen LogP contribution in [0.4, 0.5) is 10.5 Å². The highest BCUT2D eigenvalue weighted by molar-refractivity contribution is 5.98. The molecule has 8 nitrogen and oxygen atoms in total. The van der Waals surface area contributed by atoms with Crippen LogP contribution in [0.25, 0.3) is 0 Å². The third kappa shape index (κ3) is 6.13. The third-order valence-corrected chi connectivity index (χ3v) is 5.82. The molecule has 1 fully saturated rings. The van der Waals surface area contributed by atoms with Crippen LogP contribution < -0.4 is 10.6 Å². The minimum absolute atomic E-state index is 0.214. The van der Waals surface area contributed by atoms with Gasteiger partial charge in [0.05, 0.1) is 24.3 Å². The lowest BCUT2D eigenvalue weighted by molar-refractivity contribution is -0.118. The van der Waals surface area contributed by atoms with E-state index in [9.17, 15) is 20.0 Å². The van der Waals surface area contributed by atoms with Crippen molar-refractivity contribution in [3.05, 3.63) is 64.7 Å². The van der Waals surface area contributed by atoms with E-state index in [4.69, 9.17) is 4.74 Å². The molecule has 0 saturated carbocycles. The van der Waals surface area contributed by atoms with Crippen molar-refractivity contribution in [1.82, 2.24) is 10.2 Å². The Morgan fingerprint density at radius 1 is 1.24 bits per heavy atom. The molecule has 8 heteroatoms. The number of nitriles is 1. The van der Waals surface area contributed by atoms with E-state index in [0.29, 0.717) is 36.4 Å². The van der Waals surface area contributed by atoms with Gasteiger partial charge in [-0.15, -0.1) is 0 Å². The number of aliphatic hydroxyl groups excluding tert-OH is 1. The van der Waals surface area contributed by atoms with Gasteiger partial charge in [0.1, 0.15) is 6.04 Å². The Morgan fingerprint density at radius 2 is 1.94 bits per heavy atom. The lowest BCUT2D eigenvalue weighted by Crippen LogP contribution is -2.44. The van der Waals surface area contributed by atoms with Crippen molar-refractivity contribution in [3.8, 4) is 6.07 Å². The van der Waals surface area contributed by atoms with Gasteiger partial charge in [0.15, 0.2) is 0 Å². The number of methoxy groups -OCH3 is 1. The summed E-state index contributed by atoms with van der Waals surface area (Å²) < 4.78 is 5.15. The number of benzene rings is 2. The molecule has 0 aliphatic carbocycles. The van der Waals surface area contributed by atoms with Gasteiger partial charge in [-0.1, -0.05) is 51.1 Å². The zero-order valence-corrected chi connectivity index (χ0v) is 20.1. The average molecular weight is 465 g/mol. The Labute approximate surface area is 200 Å². The Hall–Kier alpha value is -3.41. The zero-order valence-electron chi connectivity index (χ0n) is 20.1. The van der Waals surface area contributed by atoms with Crippen LogP contribution in [0.15, 0.2) is 42.5 Å². The topological polar surface area (TPSA) is 115 Å². The molecule has 2 unspecified atom stereocenters. The molecule has 0 aromatic heterocycles. The van der Waals surface area contributed by atoms with Gasteiger partial charge in [-0.25, -0.2) is 4.79 Å². The van der Waals surface area contributed by atoms with Crippen molar-refractivity contribution in [2.24, 2.45) is 0 Å². The van der Waals surface area contributed by atoms with E-state index in [1.165, 1.54) is 4.90 Å². The van der Waals surface area contributed by atoms with Gasteiger partial charge in [0.2, 0.25) is 0 Å². The van der Waals surface area contributed by atoms with Crippen LogP contribution in [0, 0.1) is 11.3 Å². The Morgan fingerprint density at radius 3 is 2.50 bits per heavy atom. The van der Waals surface area contributed by atoms with E-state index in [-0.39, 0.29) is 12.0 Å². The van der Waals surface area contributed by atoms with E-state index < -0.39 is 24.1 Å². The standard InChI is InChI=1S/C26H32N4O4/c1-26(2,3)22-10-9-20(13-19(22)14-27)28-24(32)23(18-7-5-17(6-8-18)16-34-4)29-25(33)30-12-11-21(31)15-30/h5-10,13,21,23,31H,11-12,15-16H2,1-4H3,(H,28,32)(H,29,33). The summed E-state index contributed by atoms with van der Waals surface area (Å²) in [5.74, 6) is -0.431. The highest BCUT2D eigenvalue weighted by Crippen LogP contribution is 2.28. The molecule has 2 aromatic rings. The first-order valence-electron chi connectivity index (χ1n) is 11.3. The van der Waals surface area contributed by atoms with E-state index in [0.717, 1.165) is 11.1 Å². The monoisotopic (exact) mass is 464 g/mol. The molecule has 1 saturated heterocycles. The zero-order chi connectivity index (χ0) is 24.9. The first-order chi connectivity index (χ1) is 16.1. The second kappa shape index (κ2) is 10.7. The number of urea groups is 1. The first kappa shape index (κ1) is 25.2. The van der Waals surface area contributed by atoms with E-state index in [2.05, 4.69) is 16.7 Å². The van der Waals surface area contributed by atoms with Crippen molar-refractivity contribution in [1.29, 1.82) is 5.26 Å². The van der Waals surface area contributed by atoms with Gasteiger partial charge >= 0.3 is 6.03 Å². The molecule has 2 atom stereocenters. The summed E-state index contributed by atoms with van der Waals surface area (Å²) in [6, 6.07) is 13.3. The van der Waals surface area contributed by atoms with Gasteiger partial charge < -0.3 is 25.4 Å². The number of ether oxygens (including phenoxy) is 1. The Balaban J connectivity index is 1.85. The highest BCUT2D eigenvalue weighted by Gasteiger charge is 2.29. The van der Waals surface area contributed by atoms with E-state index >= 15 is 0 Å². The molecule has 0 radical (unpaired) electrons. The van der Waals surface area contributed by atoms with Gasteiger partial charge in [0, 0.05) is 25.9 Å². The lowest BCUT2D eigenvalue weighted by atomic mass is 9.84. The Kier molecular flexibility index (Phi) is 7.92. The lowest BCUT2D eigenvalue weighted by Gasteiger charge is -2.24. The molecule has 0 spiro atoms. The van der Waals surface area contributed by atoms with E-state index in [1.807, 2.05) is 39.0 Å². The number of likely N-dealkylation sites (tertiary alicyclic amines) is 1. The molecule has 180 valence electrons. The summed E-state index contributed by atoms with van der Waals surface area (Å²) in [6.45, 7) is 7.16. The number of amides is 3. The quantitative estimate of drug-likeness (QED) is 0.606. The molecule has 1 heterocycles. The van der Waals surface area contributed by atoms with Gasteiger partial charge in [0.25, 0.3) is 5.91 Å². The van der Waals surface area contributed by atoms with Crippen molar-refractivity contribution in [2.75, 3.05) is 25.5 Å². The van der Waals surface area contributed by atoms with Crippen LogP contribution in [0.5, 0.6) is 0 Å². The molecule has 3 N–H and O–H groups in total. The molecule has 0 bridgehead atoms. The van der Waals surface area contributed by atoms with Crippen LogP contribution in [0.3, 0.4) is 0 Å². The molecule has 3 amide bonds. The predicted octanol–water partition coefficient (Wildman–Crippen LogP) is 3.46. The summed E-state index contributed by atoms with van der Waals surface area (Å²) in [4.78, 5) is 27.6. The predicted molar refractivity (Wildman–Crippen MR) is 129 cm³/mol. The smallest absolute Gasteiger partial charge is 0.318 e. The average Bonchev–Trinajstić information content (AvgIpc) is 3.23. The molecule has 34 heavy (non-hydrogen) atoms. The van der Waals surface area contributed by atoms with Gasteiger partial charge in [-0.2, -0.15) is 5.26 Å². The highest BCUT2D eigenvalue weighted by atomic mass is 16.5. The van der Waals surface area contributed by atoms with Crippen LogP contribution in [0.1, 0.15) is 55.5 Å². The van der Waals surface area contributed by atoms with Crippen molar-refractivity contribution >= 4 is 17.6 Å². The fourth-order valence-electron chi connectivity index (χ4n) is 4.00. The fourth-order valence-corrected chi connectivity index (χ4v) is 4.00. The number of anilines is 1.